The molecule has 3 rings (SSSR count). The minimum Gasteiger partial charge on any atom is -0.300 e. The number of hydrogen-bond acceptors (Lipinski definition) is 3. The van der Waals surface area contributed by atoms with Crippen LogP contribution in [0.5, 0.6) is 0 Å². The van der Waals surface area contributed by atoms with Gasteiger partial charge in [0.05, 0.1) is 0 Å². The Labute approximate surface area is 134 Å². The monoisotopic (exact) mass is 304 g/mol. The Kier molecular flexibility index (Phi) is 5.25. The van der Waals surface area contributed by atoms with Crippen molar-refractivity contribution in [3.8, 4) is 0 Å². The second-order valence-corrected chi connectivity index (χ2v) is 7.22. The lowest BCUT2D eigenvalue weighted by molar-refractivity contribution is 0.0908. The van der Waals surface area contributed by atoms with Gasteiger partial charge in [-0.2, -0.15) is 12.6 Å². The summed E-state index contributed by atoms with van der Waals surface area (Å²) in [4.78, 5) is 5.27. The van der Waals surface area contributed by atoms with Gasteiger partial charge in [-0.05, 0) is 29.6 Å². The molecule has 1 aliphatic carbocycles. The summed E-state index contributed by atoms with van der Waals surface area (Å²) in [6, 6.07) is 10.9. The minimum atomic E-state index is 0.519. The van der Waals surface area contributed by atoms with E-state index in [4.69, 9.17) is 0 Å². The van der Waals surface area contributed by atoms with Crippen LogP contribution in [0.25, 0.3) is 0 Å². The molecule has 2 fully saturated rings. The van der Waals surface area contributed by atoms with E-state index >= 15 is 0 Å². The first-order valence-electron chi connectivity index (χ1n) is 8.39. The Hall–Kier alpha value is -0.510. The van der Waals surface area contributed by atoms with Crippen molar-refractivity contribution in [3.05, 3.63) is 35.9 Å². The van der Waals surface area contributed by atoms with Crippen molar-refractivity contribution in [2.24, 2.45) is 5.41 Å². The molecule has 0 unspecified atom stereocenters. The molecule has 0 amide bonds. The largest absolute Gasteiger partial charge is 0.300 e. The summed E-state index contributed by atoms with van der Waals surface area (Å²) in [7, 11) is 0. The molecular formula is C18H28N2S. The summed E-state index contributed by atoms with van der Waals surface area (Å²) in [6.45, 7) is 7.24. The molecular weight excluding hydrogens is 276 g/mol. The van der Waals surface area contributed by atoms with Gasteiger partial charge in [0.15, 0.2) is 0 Å². The van der Waals surface area contributed by atoms with Crippen molar-refractivity contribution < 1.29 is 0 Å². The van der Waals surface area contributed by atoms with Gasteiger partial charge >= 0.3 is 0 Å². The molecule has 1 aromatic rings. The molecule has 1 aliphatic heterocycles. The van der Waals surface area contributed by atoms with Crippen LogP contribution in [0.15, 0.2) is 30.3 Å². The Bertz CT molecular complexity index is 420. The molecule has 21 heavy (non-hydrogen) atoms. The van der Waals surface area contributed by atoms with E-state index < -0.39 is 0 Å². The fourth-order valence-corrected chi connectivity index (χ4v) is 4.33. The van der Waals surface area contributed by atoms with Gasteiger partial charge in [0.25, 0.3) is 0 Å². The molecule has 0 aromatic heterocycles. The van der Waals surface area contributed by atoms with E-state index in [1.807, 2.05) is 0 Å². The van der Waals surface area contributed by atoms with Crippen LogP contribution in [0.4, 0.5) is 0 Å². The van der Waals surface area contributed by atoms with E-state index in [0.717, 1.165) is 12.3 Å². The van der Waals surface area contributed by atoms with Crippen molar-refractivity contribution in [1.29, 1.82) is 0 Å². The van der Waals surface area contributed by atoms with Gasteiger partial charge in [-0.25, -0.2) is 0 Å². The van der Waals surface area contributed by atoms with Crippen LogP contribution in [0.3, 0.4) is 0 Å². The lowest BCUT2D eigenvalue weighted by atomic mass is 9.87. The highest BCUT2D eigenvalue weighted by Crippen LogP contribution is 2.39. The average molecular weight is 305 g/mol. The fraction of sp³-hybridized carbons (Fsp3) is 0.667. The van der Waals surface area contributed by atoms with Crippen LogP contribution in [-0.4, -0.2) is 48.3 Å². The summed E-state index contributed by atoms with van der Waals surface area (Å²) in [6.07, 6.45) is 5.60. The predicted molar refractivity (Wildman–Crippen MR) is 92.9 cm³/mol. The summed E-state index contributed by atoms with van der Waals surface area (Å²) in [5.41, 5.74) is 1.96. The normalized spacial score (nSPS) is 23.5. The second-order valence-electron chi connectivity index (χ2n) is 6.90. The molecule has 2 nitrogen and oxygen atoms in total. The van der Waals surface area contributed by atoms with Crippen LogP contribution in [0.2, 0.25) is 0 Å². The van der Waals surface area contributed by atoms with Crippen molar-refractivity contribution in [2.45, 2.75) is 32.2 Å². The molecule has 0 radical (unpaired) electrons. The first-order valence-corrected chi connectivity index (χ1v) is 9.02. The maximum absolute atomic E-state index is 4.65. The zero-order valence-electron chi connectivity index (χ0n) is 13.0. The van der Waals surface area contributed by atoms with E-state index in [2.05, 4.69) is 52.8 Å². The molecule has 3 heteroatoms. The van der Waals surface area contributed by atoms with Crippen LogP contribution < -0.4 is 0 Å². The predicted octanol–water partition coefficient (Wildman–Crippen LogP) is 3.29. The van der Waals surface area contributed by atoms with E-state index in [0.29, 0.717) is 5.41 Å². The fourth-order valence-electron chi connectivity index (χ4n) is 3.91. The zero-order valence-corrected chi connectivity index (χ0v) is 13.9. The van der Waals surface area contributed by atoms with Crippen LogP contribution >= 0.6 is 12.6 Å². The molecule has 0 spiro atoms. The number of hydrogen-bond donors (Lipinski definition) is 1. The lowest BCUT2D eigenvalue weighted by Gasteiger charge is -2.40. The number of piperazine rings is 1. The van der Waals surface area contributed by atoms with Gasteiger partial charge in [-0.15, -0.1) is 0 Å². The topological polar surface area (TPSA) is 6.48 Å². The highest BCUT2D eigenvalue weighted by molar-refractivity contribution is 7.80. The van der Waals surface area contributed by atoms with E-state index in [-0.39, 0.29) is 0 Å². The first-order chi connectivity index (χ1) is 10.3. The number of nitrogens with zero attached hydrogens (tertiary/aromatic N) is 2. The van der Waals surface area contributed by atoms with Gasteiger partial charge in [0.2, 0.25) is 0 Å². The average Bonchev–Trinajstić information content (AvgIpc) is 2.99. The number of rotatable bonds is 5. The molecule has 1 saturated heterocycles. The third-order valence-electron chi connectivity index (χ3n) is 5.27. The number of thiol groups is 1. The Morgan fingerprint density at radius 1 is 0.905 bits per heavy atom. The Balaban J connectivity index is 1.47. The molecule has 2 aliphatic rings. The summed E-state index contributed by atoms with van der Waals surface area (Å²) in [5, 5.41) is 0. The molecule has 1 aromatic carbocycles. The van der Waals surface area contributed by atoms with Crippen LogP contribution in [0.1, 0.15) is 31.2 Å². The maximum atomic E-state index is 4.65. The van der Waals surface area contributed by atoms with Crippen molar-refractivity contribution in [1.82, 2.24) is 9.80 Å². The molecule has 116 valence electrons. The van der Waals surface area contributed by atoms with Crippen molar-refractivity contribution in [2.75, 3.05) is 38.5 Å². The van der Waals surface area contributed by atoms with E-state index in [1.165, 1.54) is 64.0 Å². The van der Waals surface area contributed by atoms with Gasteiger partial charge in [0.1, 0.15) is 0 Å². The van der Waals surface area contributed by atoms with Crippen LogP contribution in [-0.2, 0) is 6.54 Å². The number of benzene rings is 1. The van der Waals surface area contributed by atoms with Gasteiger partial charge in [0, 0.05) is 39.3 Å². The standard InChI is InChI=1S/C18H28N2S/c21-16-18(8-4-5-9-18)15-20-12-10-19(11-13-20)14-17-6-2-1-3-7-17/h1-3,6-7,21H,4-5,8-16H2. The lowest BCUT2D eigenvalue weighted by Crippen LogP contribution is -2.49. The maximum Gasteiger partial charge on any atom is 0.0234 e. The SMILES string of the molecule is SCC1(CN2CCN(Cc3ccccc3)CC2)CCCC1. The molecule has 1 saturated carbocycles. The second kappa shape index (κ2) is 7.17. The highest BCUT2D eigenvalue weighted by Gasteiger charge is 2.34. The van der Waals surface area contributed by atoms with Gasteiger partial charge in [-0.1, -0.05) is 43.2 Å². The summed E-state index contributed by atoms with van der Waals surface area (Å²) in [5.74, 6) is 1.07. The van der Waals surface area contributed by atoms with Gasteiger partial charge in [-0.3, -0.25) is 4.90 Å². The summed E-state index contributed by atoms with van der Waals surface area (Å²) < 4.78 is 0. The quantitative estimate of drug-likeness (QED) is 0.834. The Morgan fingerprint density at radius 2 is 1.52 bits per heavy atom. The highest BCUT2D eigenvalue weighted by atomic mass is 32.1. The smallest absolute Gasteiger partial charge is 0.0234 e. The van der Waals surface area contributed by atoms with E-state index in [9.17, 15) is 0 Å². The summed E-state index contributed by atoms with van der Waals surface area (Å²) >= 11 is 4.65. The first kappa shape index (κ1) is 15.4. The van der Waals surface area contributed by atoms with E-state index in [1.54, 1.807) is 0 Å². The molecule has 0 N–H and O–H groups in total. The van der Waals surface area contributed by atoms with Gasteiger partial charge < -0.3 is 4.90 Å². The third-order valence-corrected chi connectivity index (χ3v) is 5.94. The molecule has 0 atom stereocenters. The third kappa shape index (κ3) is 4.02. The minimum absolute atomic E-state index is 0.519. The molecule has 0 bridgehead atoms. The van der Waals surface area contributed by atoms with Crippen molar-refractivity contribution >= 4 is 12.6 Å². The Morgan fingerprint density at radius 3 is 2.14 bits per heavy atom. The van der Waals surface area contributed by atoms with Crippen molar-refractivity contribution in [3.63, 3.8) is 0 Å². The zero-order chi connectivity index (χ0) is 14.5. The van der Waals surface area contributed by atoms with Crippen LogP contribution in [0, 0.1) is 5.41 Å². The molecule has 1 heterocycles.